The molecule has 0 radical (unpaired) electrons. The number of nitrogens with one attached hydrogen (secondary N) is 2. The molecule has 172 valence electrons. The van der Waals surface area contributed by atoms with Crippen molar-refractivity contribution < 1.29 is 4.84 Å². The zero-order valence-corrected chi connectivity index (χ0v) is 19.4. The van der Waals surface area contributed by atoms with Crippen LogP contribution in [0.1, 0.15) is 12.8 Å². The Kier molecular flexibility index (Phi) is 4.78. The minimum Gasteiger partial charge on any atom is -0.404 e. The second kappa shape index (κ2) is 8.26. The first kappa shape index (κ1) is 20.2. The Hall–Kier alpha value is -4.15. The summed E-state index contributed by atoms with van der Waals surface area (Å²) in [6.07, 6.45) is 9.42. The van der Waals surface area contributed by atoms with E-state index in [-0.39, 0.29) is 0 Å². The monoisotopic (exact) mass is 480 g/mol. The van der Waals surface area contributed by atoms with Crippen LogP contribution in [0.3, 0.4) is 0 Å². The number of H-pyrrole nitrogens is 2. The quantitative estimate of drug-likeness (QED) is 0.354. The fourth-order valence-electron chi connectivity index (χ4n) is 4.45. The van der Waals surface area contributed by atoms with Crippen LogP contribution in [0.15, 0.2) is 60.5 Å². The molecular weight excluding hydrogens is 460 g/mol. The second-order valence-electron chi connectivity index (χ2n) is 8.44. The van der Waals surface area contributed by atoms with Crippen molar-refractivity contribution >= 4 is 33.4 Å². The fraction of sp³-hybridized carbons (Fsp3) is 0.160. The highest BCUT2D eigenvalue weighted by molar-refractivity contribution is 7.13. The largest absolute Gasteiger partial charge is 0.404 e. The van der Waals surface area contributed by atoms with Crippen molar-refractivity contribution in [2.75, 3.05) is 13.1 Å². The number of rotatable bonds is 5. The van der Waals surface area contributed by atoms with Gasteiger partial charge in [0.25, 0.3) is 0 Å². The highest BCUT2D eigenvalue weighted by atomic mass is 32.1. The number of aromatic nitrogens is 7. The molecule has 9 nitrogen and oxygen atoms in total. The number of fused-ring (bicyclic) bond motifs is 2. The zero-order valence-electron chi connectivity index (χ0n) is 18.6. The molecule has 0 aromatic carbocycles. The van der Waals surface area contributed by atoms with E-state index in [1.54, 1.807) is 36.1 Å². The Morgan fingerprint density at radius 2 is 1.97 bits per heavy atom. The SMILES string of the molecule is c1csc(-c2ccnc3[nH]c(-c4n[nH]c5cnc(-c6cncc(ON7CCCC7)c6)cc45)nc23)c1. The van der Waals surface area contributed by atoms with Gasteiger partial charge in [-0.25, -0.2) is 9.97 Å². The summed E-state index contributed by atoms with van der Waals surface area (Å²) in [5, 5.41) is 12.6. The minimum absolute atomic E-state index is 0.657. The third kappa shape index (κ3) is 3.63. The summed E-state index contributed by atoms with van der Waals surface area (Å²) in [6.45, 7) is 1.88. The smallest absolute Gasteiger partial charge is 0.166 e. The molecule has 1 aliphatic rings. The fourth-order valence-corrected chi connectivity index (χ4v) is 5.20. The summed E-state index contributed by atoms with van der Waals surface area (Å²) in [5.74, 6) is 1.37. The van der Waals surface area contributed by atoms with Crippen molar-refractivity contribution in [1.82, 2.24) is 40.2 Å². The van der Waals surface area contributed by atoms with Crippen LogP contribution in [0.4, 0.5) is 0 Å². The number of hydroxylamine groups is 2. The van der Waals surface area contributed by atoms with E-state index in [1.807, 2.05) is 29.3 Å². The molecule has 0 saturated carbocycles. The zero-order chi connectivity index (χ0) is 23.2. The van der Waals surface area contributed by atoms with Gasteiger partial charge in [0.2, 0.25) is 0 Å². The molecule has 7 rings (SSSR count). The van der Waals surface area contributed by atoms with Crippen LogP contribution in [0.2, 0.25) is 0 Å². The molecule has 1 aliphatic heterocycles. The first-order valence-corrected chi connectivity index (χ1v) is 12.3. The third-order valence-electron chi connectivity index (χ3n) is 6.15. The topological polar surface area (TPSA) is 108 Å². The van der Waals surface area contributed by atoms with Crippen LogP contribution in [-0.4, -0.2) is 53.3 Å². The van der Waals surface area contributed by atoms with Gasteiger partial charge >= 0.3 is 0 Å². The van der Waals surface area contributed by atoms with Gasteiger partial charge in [0.1, 0.15) is 11.2 Å². The number of thiophene rings is 1. The maximum absolute atomic E-state index is 5.98. The molecule has 6 aromatic heterocycles. The Morgan fingerprint density at radius 1 is 1.03 bits per heavy atom. The average Bonchev–Trinajstić information content (AvgIpc) is 3.70. The van der Waals surface area contributed by atoms with Gasteiger partial charge in [-0.2, -0.15) is 5.10 Å². The van der Waals surface area contributed by atoms with Crippen LogP contribution in [0.5, 0.6) is 5.75 Å². The Labute approximate surface area is 203 Å². The first-order chi connectivity index (χ1) is 17.3. The van der Waals surface area contributed by atoms with Gasteiger partial charge in [0, 0.05) is 46.9 Å². The van der Waals surface area contributed by atoms with Crippen molar-refractivity contribution in [2.24, 2.45) is 0 Å². The van der Waals surface area contributed by atoms with E-state index >= 15 is 0 Å². The van der Waals surface area contributed by atoms with E-state index in [2.05, 4.69) is 41.6 Å². The van der Waals surface area contributed by atoms with Crippen LogP contribution in [0, 0.1) is 0 Å². The summed E-state index contributed by atoms with van der Waals surface area (Å²) in [5.41, 5.74) is 5.81. The number of nitrogens with zero attached hydrogens (tertiary/aromatic N) is 6. The molecule has 0 spiro atoms. The number of hydrogen-bond acceptors (Lipinski definition) is 8. The average molecular weight is 481 g/mol. The predicted molar refractivity (Wildman–Crippen MR) is 135 cm³/mol. The van der Waals surface area contributed by atoms with Crippen LogP contribution < -0.4 is 4.84 Å². The highest BCUT2D eigenvalue weighted by Gasteiger charge is 2.18. The Balaban J connectivity index is 1.28. The molecule has 0 atom stereocenters. The third-order valence-corrected chi connectivity index (χ3v) is 7.05. The molecule has 35 heavy (non-hydrogen) atoms. The number of imidazole rings is 1. The molecule has 0 aliphatic carbocycles. The predicted octanol–water partition coefficient (Wildman–Crippen LogP) is 5.08. The molecule has 0 bridgehead atoms. The van der Waals surface area contributed by atoms with Crippen molar-refractivity contribution in [1.29, 1.82) is 0 Å². The van der Waals surface area contributed by atoms with Gasteiger partial charge in [0.05, 0.1) is 23.6 Å². The van der Waals surface area contributed by atoms with Crippen LogP contribution >= 0.6 is 11.3 Å². The standard InChI is InChI=1S/C25H20N8OS/c1-2-8-33(7-1)34-16-10-15(12-26-13-16)19-11-18-20(14-28-19)31-32-23(18)25-29-22-17(21-4-3-9-35-21)5-6-27-24(22)30-25/h3-6,9-14H,1-2,7-8H2,(H,31,32)(H,27,29,30). The molecule has 1 fully saturated rings. The van der Waals surface area contributed by atoms with E-state index in [0.717, 1.165) is 75.4 Å². The van der Waals surface area contributed by atoms with Crippen molar-refractivity contribution in [3.8, 4) is 39.0 Å². The van der Waals surface area contributed by atoms with Gasteiger partial charge < -0.3 is 9.82 Å². The van der Waals surface area contributed by atoms with Crippen LogP contribution in [0.25, 0.3) is 55.3 Å². The first-order valence-electron chi connectivity index (χ1n) is 11.4. The molecule has 1 saturated heterocycles. The van der Waals surface area contributed by atoms with Gasteiger partial charge in [0.15, 0.2) is 17.2 Å². The molecular formula is C25H20N8OS. The Bertz CT molecular complexity index is 1650. The van der Waals surface area contributed by atoms with Crippen molar-refractivity contribution in [3.05, 3.63) is 60.5 Å². The lowest BCUT2D eigenvalue weighted by molar-refractivity contribution is -0.0349. The van der Waals surface area contributed by atoms with E-state index in [0.29, 0.717) is 11.6 Å². The van der Waals surface area contributed by atoms with Gasteiger partial charge in [-0.05, 0) is 42.5 Å². The molecule has 0 unspecified atom stereocenters. The van der Waals surface area contributed by atoms with E-state index in [4.69, 9.17) is 9.82 Å². The number of aromatic amines is 2. The summed E-state index contributed by atoms with van der Waals surface area (Å²) in [7, 11) is 0. The van der Waals surface area contributed by atoms with Gasteiger partial charge in [-0.3, -0.25) is 15.1 Å². The second-order valence-corrected chi connectivity index (χ2v) is 9.39. The summed E-state index contributed by atoms with van der Waals surface area (Å²) < 4.78 is 0. The van der Waals surface area contributed by atoms with Crippen molar-refractivity contribution in [2.45, 2.75) is 12.8 Å². The lowest BCUT2D eigenvalue weighted by Crippen LogP contribution is -2.23. The Morgan fingerprint density at radius 3 is 2.86 bits per heavy atom. The van der Waals surface area contributed by atoms with Gasteiger partial charge in [-0.15, -0.1) is 16.4 Å². The minimum atomic E-state index is 0.657. The van der Waals surface area contributed by atoms with E-state index in [9.17, 15) is 0 Å². The highest BCUT2D eigenvalue weighted by Crippen LogP contribution is 2.33. The normalized spacial score (nSPS) is 14.3. The molecule has 7 heterocycles. The molecule has 10 heteroatoms. The number of hydrogen-bond donors (Lipinski definition) is 2. The summed E-state index contributed by atoms with van der Waals surface area (Å²) in [6, 6.07) is 10.1. The van der Waals surface area contributed by atoms with Crippen molar-refractivity contribution in [3.63, 3.8) is 0 Å². The van der Waals surface area contributed by atoms with Crippen LogP contribution in [-0.2, 0) is 0 Å². The number of pyridine rings is 3. The molecule has 6 aromatic rings. The maximum Gasteiger partial charge on any atom is 0.166 e. The van der Waals surface area contributed by atoms with Gasteiger partial charge in [-0.1, -0.05) is 6.07 Å². The lowest BCUT2D eigenvalue weighted by atomic mass is 10.1. The lowest BCUT2D eigenvalue weighted by Gasteiger charge is -2.15. The maximum atomic E-state index is 5.98. The molecule has 2 N–H and O–H groups in total. The van der Waals surface area contributed by atoms with E-state index < -0.39 is 0 Å². The summed E-state index contributed by atoms with van der Waals surface area (Å²) >= 11 is 1.68. The van der Waals surface area contributed by atoms with E-state index in [1.165, 1.54) is 0 Å². The molecule has 0 amide bonds. The summed E-state index contributed by atoms with van der Waals surface area (Å²) in [4.78, 5) is 28.8.